The Labute approximate surface area is 332 Å². The molecule has 2 rings (SSSR count). The third kappa shape index (κ3) is 18.7. The first-order valence-corrected chi connectivity index (χ1v) is 18.9. The van der Waals surface area contributed by atoms with E-state index in [9.17, 15) is 23.4 Å². The average Bonchev–Trinajstić information content (AvgIpc) is 3.13. The van der Waals surface area contributed by atoms with Crippen molar-refractivity contribution in [1.82, 2.24) is 15.4 Å². The van der Waals surface area contributed by atoms with Crippen molar-refractivity contribution in [2.75, 3.05) is 13.2 Å². The van der Waals surface area contributed by atoms with E-state index in [-0.39, 0.29) is 13.2 Å². The minimum Gasteiger partial charge on any atom is -0.464 e. The fraction of sp³-hybridized carbons (Fsp3) is 0.429. The summed E-state index contributed by atoms with van der Waals surface area (Å²) in [6, 6.07) is 9.83. The lowest BCUT2D eigenvalue weighted by atomic mass is 10.1. The first-order valence-electron chi connectivity index (χ1n) is 17.8. The molecule has 2 aromatic rings. The van der Waals surface area contributed by atoms with Crippen molar-refractivity contribution in [3.8, 4) is 47.4 Å². The van der Waals surface area contributed by atoms with Crippen LogP contribution in [0, 0.1) is 47.4 Å². The van der Waals surface area contributed by atoms with E-state index in [1.807, 2.05) is 0 Å². The van der Waals surface area contributed by atoms with Crippen LogP contribution in [-0.2, 0) is 30.0 Å². The lowest BCUT2D eigenvalue weighted by Crippen LogP contribution is -2.55. The van der Waals surface area contributed by atoms with E-state index in [0.717, 1.165) is 0 Å². The molecule has 2 amide bonds. The number of rotatable bonds is 12. The number of hydrogen-bond acceptors (Lipinski definition) is 10. The molecular weight excluding hydrogens is 737 g/mol. The lowest BCUT2D eigenvalue weighted by Gasteiger charge is -2.27. The molecule has 0 bridgehead atoms. The van der Waals surface area contributed by atoms with Crippen molar-refractivity contribution < 1.29 is 43.1 Å². The van der Waals surface area contributed by atoms with Crippen LogP contribution >= 0.6 is 0 Å². The molecular formula is C42H52N4O9S. The second kappa shape index (κ2) is 24.9. The van der Waals surface area contributed by atoms with Gasteiger partial charge in [-0.05, 0) is 135 Å². The van der Waals surface area contributed by atoms with Crippen molar-refractivity contribution in [2.45, 2.75) is 103 Å². The monoisotopic (exact) mass is 788 g/mol. The summed E-state index contributed by atoms with van der Waals surface area (Å²) in [5.41, 5.74) is 7.77. The quantitative estimate of drug-likeness (QED) is 0.136. The fourth-order valence-electron chi connectivity index (χ4n) is 4.02. The summed E-state index contributed by atoms with van der Waals surface area (Å²) < 4.78 is 24.7. The van der Waals surface area contributed by atoms with Crippen molar-refractivity contribution in [3.05, 3.63) is 70.8 Å². The molecule has 1 unspecified atom stereocenters. The smallest absolute Gasteiger partial charge is 0.330 e. The molecule has 0 saturated heterocycles. The zero-order chi connectivity index (χ0) is 42.4. The maximum atomic E-state index is 12.7. The van der Waals surface area contributed by atoms with Gasteiger partial charge in [0.2, 0.25) is 0 Å². The number of amides is 2. The summed E-state index contributed by atoms with van der Waals surface area (Å²) in [7, 11) is -1.43. The standard InChI is InChI=1S/C23H30N2O5S.C19H22N2O4/c1-7-30-22(28)20(17(3)25-31(29)23(4,5)6)24-21(27)19-14-12-18(13-15-19)11-9-8-10-16(2)26;1-4-25-19(24)17(14(3)20)21-18(23)16-11-9-15(10-12-16)8-6-5-7-13(2)22/h12-17,20,25-26H,7H2,1-6H3,(H,24,27);9-14,17,22H,4,20H2,1-3H3,(H,21,23)/t16-,17-,20-,31?;13-,14-,17-/m00/s1. The van der Waals surface area contributed by atoms with Crippen LogP contribution in [0.3, 0.4) is 0 Å². The Hall–Kier alpha value is -5.45. The van der Waals surface area contributed by atoms with Gasteiger partial charge in [-0.3, -0.25) is 9.59 Å². The van der Waals surface area contributed by atoms with E-state index in [1.54, 1.807) is 111 Å². The Kier molecular flexibility index (Phi) is 21.6. The van der Waals surface area contributed by atoms with Gasteiger partial charge in [0.05, 0.1) is 28.9 Å². The fourth-order valence-corrected chi connectivity index (χ4v) is 4.85. The van der Waals surface area contributed by atoms with E-state index < -0.39 is 75.9 Å². The molecule has 7 N–H and O–H groups in total. The molecule has 0 heterocycles. The van der Waals surface area contributed by atoms with Crippen LogP contribution in [0.1, 0.15) is 94.2 Å². The number of nitrogens with one attached hydrogen (secondary N) is 3. The van der Waals surface area contributed by atoms with Crippen LogP contribution in [0.4, 0.5) is 0 Å². The summed E-state index contributed by atoms with van der Waals surface area (Å²) in [5.74, 6) is 18.9. The largest absolute Gasteiger partial charge is 0.464 e. The Bertz CT molecular complexity index is 1910. The molecule has 0 saturated carbocycles. The second-order valence-corrected chi connectivity index (χ2v) is 15.1. The summed E-state index contributed by atoms with van der Waals surface area (Å²) in [6.45, 7) is 15.5. The summed E-state index contributed by atoms with van der Waals surface area (Å²) >= 11 is 0. The number of aliphatic hydroxyl groups excluding tert-OH is 2. The molecule has 0 aliphatic heterocycles. The Balaban J connectivity index is 0.000000573. The number of hydrogen-bond donors (Lipinski definition) is 6. The summed E-state index contributed by atoms with van der Waals surface area (Å²) in [6.07, 6.45) is -1.47. The van der Waals surface area contributed by atoms with Crippen molar-refractivity contribution >= 4 is 34.7 Å². The van der Waals surface area contributed by atoms with Gasteiger partial charge in [0.25, 0.3) is 11.8 Å². The number of carbonyl (C=O) groups is 4. The van der Waals surface area contributed by atoms with E-state index in [1.165, 1.54) is 0 Å². The highest BCUT2D eigenvalue weighted by molar-refractivity contribution is 7.84. The Morgan fingerprint density at radius 2 is 1.07 bits per heavy atom. The molecule has 7 atom stereocenters. The van der Waals surface area contributed by atoms with Gasteiger partial charge in [-0.2, -0.15) is 0 Å². The lowest BCUT2D eigenvalue weighted by molar-refractivity contribution is -0.146. The van der Waals surface area contributed by atoms with Gasteiger partial charge in [0.15, 0.2) is 0 Å². The Morgan fingerprint density at radius 1 is 0.696 bits per heavy atom. The predicted octanol–water partition coefficient (Wildman–Crippen LogP) is 1.96. The Morgan fingerprint density at radius 3 is 1.41 bits per heavy atom. The molecule has 0 aliphatic rings. The minimum atomic E-state index is -1.43. The molecule has 56 heavy (non-hydrogen) atoms. The first kappa shape index (κ1) is 48.6. The topological polar surface area (TPSA) is 206 Å². The number of esters is 2. The van der Waals surface area contributed by atoms with Gasteiger partial charge in [-0.15, -0.1) is 0 Å². The second-order valence-electron chi connectivity index (χ2n) is 13.1. The maximum absolute atomic E-state index is 12.7. The number of benzene rings is 2. The number of ether oxygens (including phenoxy) is 2. The van der Waals surface area contributed by atoms with Gasteiger partial charge < -0.3 is 36.1 Å². The number of aliphatic hydroxyl groups is 2. The van der Waals surface area contributed by atoms with Crippen LogP contribution in [0.5, 0.6) is 0 Å². The minimum absolute atomic E-state index is 0.158. The third-order valence-corrected chi connectivity index (χ3v) is 8.62. The van der Waals surface area contributed by atoms with Crippen molar-refractivity contribution in [2.24, 2.45) is 5.73 Å². The van der Waals surface area contributed by atoms with E-state index in [2.05, 4.69) is 62.7 Å². The number of carbonyl (C=O) groups excluding carboxylic acids is 4. The van der Waals surface area contributed by atoms with Crippen LogP contribution in [0.15, 0.2) is 48.5 Å². The number of nitrogens with two attached hydrogens (primary N) is 1. The van der Waals surface area contributed by atoms with Crippen molar-refractivity contribution in [1.29, 1.82) is 0 Å². The molecule has 0 aromatic heterocycles. The zero-order valence-electron chi connectivity index (χ0n) is 33.2. The van der Waals surface area contributed by atoms with E-state index in [0.29, 0.717) is 22.3 Å². The average molecular weight is 789 g/mol. The maximum Gasteiger partial charge on any atom is 0.330 e. The summed E-state index contributed by atoms with van der Waals surface area (Å²) in [5, 5.41) is 23.3. The molecule has 0 fully saturated rings. The molecule has 2 aromatic carbocycles. The van der Waals surface area contributed by atoms with Crippen LogP contribution in [0.25, 0.3) is 0 Å². The van der Waals surface area contributed by atoms with Crippen molar-refractivity contribution in [3.63, 3.8) is 0 Å². The van der Waals surface area contributed by atoms with Gasteiger partial charge >= 0.3 is 11.9 Å². The molecule has 300 valence electrons. The van der Waals surface area contributed by atoms with Crippen LogP contribution in [-0.4, -0.2) is 92.5 Å². The van der Waals surface area contributed by atoms with Crippen LogP contribution < -0.4 is 21.1 Å². The molecule has 0 spiro atoms. The molecule has 0 aliphatic carbocycles. The van der Waals surface area contributed by atoms with Crippen LogP contribution in [0.2, 0.25) is 0 Å². The highest BCUT2D eigenvalue weighted by atomic mass is 32.2. The van der Waals surface area contributed by atoms with E-state index >= 15 is 0 Å². The predicted molar refractivity (Wildman–Crippen MR) is 215 cm³/mol. The molecule has 13 nitrogen and oxygen atoms in total. The molecule has 14 heteroatoms. The van der Waals surface area contributed by atoms with Gasteiger partial charge in [0, 0.05) is 34.3 Å². The van der Waals surface area contributed by atoms with Gasteiger partial charge in [0.1, 0.15) is 24.3 Å². The van der Waals surface area contributed by atoms with E-state index in [4.69, 9.17) is 25.4 Å². The SMILES string of the molecule is CCOC(=O)[C@@H](NC(=O)c1ccc(C#CC#C[C@H](C)O)cc1)[C@H](C)N.CCOC(=O)[C@@H](NC(=O)c1ccc(C#CC#C[C@H](C)O)cc1)[C@H](C)NS(=O)C(C)(C)C. The van der Waals surface area contributed by atoms with Gasteiger partial charge in [-0.25, -0.2) is 18.5 Å². The van der Waals surface area contributed by atoms with Gasteiger partial charge in [-0.1, -0.05) is 23.7 Å². The third-order valence-electron chi connectivity index (χ3n) is 6.92. The normalized spacial score (nSPS) is 13.9. The molecule has 0 radical (unpaired) electrons. The summed E-state index contributed by atoms with van der Waals surface area (Å²) in [4.78, 5) is 49.2. The highest BCUT2D eigenvalue weighted by Crippen LogP contribution is 2.12. The zero-order valence-corrected chi connectivity index (χ0v) is 34.1. The highest BCUT2D eigenvalue weighted by Gasteiger charge is 2.32. The first-order chi connectivity index (χ1) is 26.3.